The third-order valence-corrected chi connectivity index (χ3v) is 8.14. The Morgan fingerprint density at radius 3 is 1.44 bits per heavy atom. The zero-order valence-electron chi connectivity index (χ0n) is 22.3. The molecule has 0 aliphatic carbocycles. The van der Waals surface area contributed by atoms with Gasteiger partial charge in [-0.1, -0.05) is 100 Å². The highest BCUT2D eigenvalue weighted by Gasteiger charge is 2.12. The maximum atomic E-state index is 9.24. The number of phenols is 1. The van der Waals surface area contributed by atoms with Gasteiger partial charge in [0.2, 0.25) is 0 Å². The second-order valence-corrected chi connectivity index (χ2v) is 12.5. The standard InChI is InChI=1S/C17H20S.C16H18OS/c1-4-14(3)15-7-11-17(12-8-15)18-16-9-5-13(2)6-10-16;1-16(2,3)12-4-8-14(9-5-12)18-15-10-6-13(17)7-11-15/h5-12,14H,4H2,1-3H3;4-11,17H,1-3H3. The van der Waals surface area contributed by atoms with Crippen molar-refractivity contribution in [2.45, 2.75) is 78.9 Å². The van der Waals surface area contributed by atoms with Crippen molar-refractivity contribution in [2.24, 2.45) is 0 Å². The zero-order chi connectivity index (χ0) is 26.1. The van der Waals surface area contributed by atoms with Crippen LogP contribution in [0.3, 0.4) is 0 Å². The van der Waals surface area contributed by atoms with E-state index in [9.17, 15) is 5.11 Å². The lowest BCUT2D eigenvalue weighted by molar-refractivity contribution is 0.475. The molecule has 188 valence electrons. The summed E-state index contributed by atoms with van der Waals surface area (Å²) in [5.41, 5.74) is 4.29. The number of aryl methyl sites for hydroxylation is 1. The molecule has 1 atom stereocenters. The molecule has 4 aromatic carbocycles. The molecule has 4 rings (SSSR count). The zero-order valence-corrected chi connectivity index (χ0v) is 23.9. The monoisotopic (exact) mass is 514 g/mol. The Morgan fingerprint density at radius 1 is 0.639 bits per heavy atom. The van der Waals surface area contributed by atoms with E-state index in [4.69, 9.17) is 0 Å². The molecule has 0 heterocycles. The van der Waals surface area contributed by atoms with Crippen LogP contribution in [0.4, 0.5) is 0 Å². The summed E-state index contributed by atoms with van der Waals surface area (Å²) in [6, 6.07) is 33.6. The van der Waals surface area contributed by atoms with E-state index in [1.54, 1.807) is 23.9 Å². The molecule has 1 unspecified atom stereocenters. The van der Waals surface area contributed by atoms with Gasteiger partial charge < -0.3 is 5.11 Å². The molecule has 0 amide bonds. The molecule has 0 radical (unpaired) electrons. The topological polar surface area (TPSA) is 20.2 Å². The normalized spacial score (nSPS) is 11.9. The van der Waals surface area contributed by atoms with Gasteiger partial charge in [0.25, 0.3) is 0 Å². The average Bonchev–Trinajstić information content (AvgIpc) is 2.87. The first-order chi connectivity index (χ1) is 17.1. The second-order valence-electron chi connectivity index (χ2n) is 10.2. The number of aromatic hydroxyl groups is 1. The lowest BCUT2D eigenvalue weighted by Crippen LogP contribution is -2.10. The van der Waals surface area contributed by atoms with E-state index >= 15 is 0 Å². The van der Waals surface area contributed by atoms with Crippen molar-refractivity contribution in [3.05, 3.63) is 114 Å². The molecule has 0 aromatic heterocycles. The minimum Gasteiger partial charge on any atom is -0.508 e. The molecule has 3 heteroatoms. The van der Waals surface area contributed by atoms with Crippen LogP contribution in [0.5, 0.6) is 5.75 Å². The van der Waals surface area contributed by atoms with Gasteiger partial charge in [-0.15, -0.1) is 0 Å². The summed E-state index contributed by atoms with van der Waals surface area (Å²) in [4.78, 5) is 4.97. The molecule has 0 spiro atoms. The van der Waals surface area contributed by atoms with E-state index in [1.807, 2.05) is 23.9 Å². The van der Waals surface area contributed by atoms with Gasteiger partial charge in [0.1, 0.15) is 5.75 Å². The summed E-state index contributed by atoms with van der Waals surface area (Å²) in [5, 5.41) is 9.24. The first-order valence-electron chi connectivity index (χ1n) is 12.6. The molecule has 0 fully saturated rings. The lowest BCUT2D eigenvalue weighted by Gasteiger charge is -2.19. The van der Waals surface area contributed by atoms with Gasteiger partial charge in [-0.2, -0.15) is 0 Å². The fraction of sp³-hybridized carbons (Fsp3) is 0.273. The maximum Gasteiger partial charge on any atom is 0.115 e. The Bertz CT molecular complexity index is 1190. The van der Waals surface area contributed by atoms with Crippen LogP contribution in [0.2, 0.25) is 0 Å². The van der Waals surface area contributed by atoms with Crippen LogP contribution < -0.4 is 0 Å². The molecule has 1 nitrogen and oxygen atoms in total. The van der Waals surface area contributed by atoms with Gasteiger partial charge in [-0.25, -0.2) is 0 Å². The Labute approximate surface area is 226 Å². The van der Waals surface area contributed by atoms with Gasteiger partial charge in [0.15, 0.2) is 0 Å². The van der Waals surface area contributed by atoms with E-state index in [-0.39, 0.29) is 5.41 Å². The molecule has 36 heavy (non-hydrogen) atoms. The third kappa shape index (κ3) is 8.80. The first-order valence-corrected chi connectivity index (χ1v) is 14.2. The fourth-order valence-electron chi connectivity index (χ4n) is 3.52. The fourth-order valence-corrected chi connectivity index (χ4v) is 5.15. The summed E-state index contributed by atoms with van der Waals surface area (Å²) >= 11 is 3.53. The Kier molecular flexibility index (Phi) is 10.2. The van der Waals surface area contributed by atoms with Gasteiger partial charge in [0, 0.05) is 19.6 Å². The van der Waals surface area contributed by atoms with Crippen molar-refractivity contribution >= 4 is 23.5 Å². The van der Waals surface area contributed by atoms with Crippen LogP contribution in [-0.4, -0.2) is 5.11 Å². The molecule has 0 bridgehead atoms. The number of benzene rings is 4. The maximum absolute atomic E-state index is 9.24. The summed E-state index contributed by atoms with van der Waals surface area (Å²) in [7, 11) is 0. The molecule has 0 saturated carbocycles. The van der Waals surface area contributed by atoms with Crippen LogP contribution in [0.15, 0.2) is 117 Å². The average molecular weight is 515 g/mol. The molecule has 0 aliphatic heterocycles. The number of phenolic OH excluding ortho intramolecular Hbond substituents is 1. The second kappa shape index (κ2) is 13.1. The Balaban J connectivity index is 0.000000201. The molecule has 0 saturated heterocycles. The molecule has 4 aromatic rings. The van der Waals surface area contributed by atoms with Gasteiger partial charge in [-0.05, 0) is 96.5 Å². The predicted octanol–water partition coefficient (Wildman–Crippen LogP) is 10.5. The van der Waals surface area contributed by atoms with E-state index in [0.29, 0.717) is 11.7 Å². The minimum absolute atomic E-state index is 0.196. The summed E-state index contributed by atoms with van der Waals surface area (Å²) in [5.74, 6) is 0.964. The van der Waals surface area contributed by atoms with Gasteiger partial charge >= 0.3 is 0 Å². The van der Waals surface area contributed by atoms with Gasteiger partial charge in [0.05, 0.1) is 0 Å². The lowest BCUT2D eigenvalue weighted by atomic mass is 9.87. The van der Waals surface area contributed by atoms with Crippen LogP contribution in [0.25, 0.3) is 0 Å². The van der Waals surface area contributed by atoms with Crippen LogP contribution in [0.1, 0.15) is 63.6 Å². The summed E-state index contributed by atoms with van der Waals surface area (Å²) in [6.45, 7) is 13.3. The minimum atomic E-state index is 0.196. The molecule has 0 aliphatic rings. The van der Waals surface area contributed by atoms with E-state index in [1.165, 1.54) is 37.8 Å². The quantitative estimate of drug-likeness (QED) is 0.276. The van der Waals surface area contributed by atoms with Crippen molar-refractivity contribution < 1.29 is 5.11 Å². The highest BCUT2D eigenvalue weighted by molar-refractivity contribution is 7.99. The molecular formula is C33H38OS2. The van der Waals surface area contributed by atoms with Crippen molar-refractivity contribution in [3.63, 3.8) is 0 Å². The molecular weight excluding hydrogens is 476 g/mol. The Morgan fingerprint density at radius 2 is 1.03 bits per heavy atom. The summed E-state index contributed by atoms with van der Waals surface area (Å²) < 4.78 is 0. The summed E-state index contributed by atoms with van der Waals surface area (Å²) in [6.07, 6.45) is 1.20. The number of hydrogen-bond donors (Lipinski definition) is 1. The number of rotatable bonds is 6. The van der Waals surface area contributed by atoms with Crippen molar-refractivity contribution in [2.75, 3.05) is 0 Å². The first kappa shape index (κ1) is 28.0. The smallest absolute Gasteiger partial charge is 0.115 e. The van der Waals surface area contributed by atoms with Crippen LogP contribution >= 0.6 is 23.5 Å². The third-order valence-electron chi connectivity index (χ3n) is 6.11. The van der Waals surface area contributed by atoms with Crippen molar-refractivity contribution in [3.8, 4) is 5.75 Å². The Hall–Kier alpha value is -2.62. The highest BCUT2D eigenvalue weighted by Crippen LogP contribution is 2.31. The van der Waals surface area contributed by atoms with Gasteiger partial charge in [-0.3, -0.25) is 0 Å². The largest absolute Gasteiger partial charge is 0.508 e. The van der Waals surface area contributed by atoms with Crippen molar-refractivity contribution in [1.29, 1.82) is 0 Å². The number of hydrogen-bond acceptors (Lipinski definition) is 3. The van der Waals surface area contributed by atoms with Crippen LogP contribution in [0, 0.1) is 6.92 Å². The van der Waals surface area contributed by atoms with E-state index < -0.39 is 0 Å². The van der Waals surface area contributed by atoms with E-state index in [2.05, 4.69) is 114 Å². The highest BCUT2D eigenvalue weighted by atomic mass is 32.2. The molecule has 1 N–H and O–H groups in total. The SMILES string of the molecule is CC(C)(C)c1ccc(Sc2ccc(O)cc2)cc1.CCC(C)c1ccc(Sc2ccc(C)cc2)cc1. The van der Waals surface area contributed by atoms with Crippen LogP contribution in [-0.2, 0) is 5.41 Å². The van der Waals surface area contributed by atoms with Crippen molar-refractivity contribution in [1.82, 2.24) is 0 Å². The van der Waals surface area contributed by atoms with E-state index in [0.717, 1.165) is 4.90 Å². The predicted molar refractivity (Wildman–Crippen MR) is 158 cm³/mol.